The Bertz CT molecular complexity index is 215. The number of carbonyl (C=O) groups excluding carboxylic acids is 1. The van der Waals surface area contributed by atoms with Gasteiger partial charge in [-0.25, -0.2) is 0 Å². The molecular weight excluding hydrogens is 164 g/mol. The van der Waals surface area contributed by atoms with Crippen LogP contribution in [0, 0.1) is 0 Å². The predicted octanol–water partition coefficient (Wildman–Crippen LogP) is 1.15. The fraction of sp³-hybridized carbons (Fsp3) is 0.700. The molecule has 0 spiro atoms. The second kappa shape index (κ2) is 5.02. The van der Waals surface area contributed by atoms with E-state index in [1.165, 1.54) is 0 Å². The standard InChI is InChI=1S/C10H20N2O/c1-6-8(11)9(7(2)3)10(13)12(4)5/h8H,6,11H2,1-5H3. The molecule has 0 heterocycles. The normalized spacial score (nSPS) is 12.2. The Labute approximate surface area is 80.6 Å². The number of rotatable bonds is 3. The number of carbonyl (C=O) groups is 1. The van der Waals surface area contributed by atoms with Crippen molar-refractivity contribution < 1.29 is 4.79 Å². The number of amides is 1. The molecule has 0 rings (SSSR count). The van der Waals surface area contributed by atoms with Crippen LogP contribution in [-0.2, 0) is 4.79 Å². The molecule has 3 nitrogen and oxygen atoms in total. The lowest BCUT2D eigenvalue weighted by Gasteiger charge is -2.19. The molecule has 76 valence electrons. The molecule has 0 saturated carbocycles. The maximum absolute atomic E-state index is 11.7. The molecule has 2 N–H and O–H groups in total. The van der Waals surface area contributed by atoms with Gasteiger partial charge in [0.15, 0.2) is 0 Å². The van der Waals surface area contributed by atoms with E-state index in [4.69, 9.17) is 5.73 Å². The highest BCUT2D eigenvalue weighted by Gasteiger charge is 2.18. The van der Waals surface area contributed by atoms with Crippen molar-refractivity contribution >= 4 is 5.91 Å². The third kappa shape index (κ3) is 3.19. The average Bonchev–Trinajstić information content (AvgIpc) is 2.03. The lowest BCUT2D eigenvalue weighted by molar-refractivity contribution is -0.125. The van der Waals surface area contributed by atoms with Gasteiger partial charge >= 0.3 is 0 Å². The Hall–Kier alpha value is -0.830. The van der Waals surface area contributed by atoms with Crippen LogP contribution in [0.2, 0.25) is 0 Å². The van der Waals surface area contributed by atoms with Crippen molar-refractivity contribution in [1.82, 2.24) is 4.90 Å². The molecule has 13 heavy (non-hydrogen) atoms. The van der Waals surface area contributed by atoms with Crippen LogP contribution < -0.4 is 5.73 Å². The summed E-state index contributed by atoms with van der Waals surface area (Å²) in [6, 6.07) is -0.139. The van der Waals surface area contributed by atoms with Gasteiger partial charge in [-0.2, -0.15) is 0 Å². The van der Waals surface area contributed by atoms with Gasteiger partial charge in [0.05, 0.1) is 0 Å². The highest BCUT2D eigenvalue weighted by molar-refractivity contribution is 5.94. The molecule has 1 amide bonds. The minimum atomic E-state index is -0.139. The van der Waals surface area contributed by atoms with Gasteiger partial charge in [0.2, 0.25) is 0 Å². The molecule has 0 aromatic heterocycles. The summed E-state index contributed by atoms with van der Waals surface area (Å²) in [4.78, 5) is 13.2. The summed E-state index contributed by atoms with van der Waals surface area (Å²) in [6.45, 7) is 5.83. The van der Waals surface area contributed by atoms with Crippen LogP contribution in [0.5, 0.6) is 0 Å². The van der Waals surface area contributed by atoms with Crippen LogP contribution in [0.1, 0.15) is 27.2 Å². The second-order valence-electron chi connectivity index (χ2n) is 3.63. The molecule has 0 aliphatic carbocycles. The van der Waals surface area contributed by atoms with Gasteiger partial charge in [-0.15, -0.1) is 0 Å². The van der Waals surface area contributed by atoms with Gasteiger partial charge in [-0.3, -0.25) is 4.79 Å². The van der Waals surface area contributed by atoms with E-state index in [2.05, 4.69) is 0 Å². The molecule has 1 atom stereocenters. The van der Waals surface area contributed by atoms with Crippen molar-refractivity contribution in [3.8, 4) is 0 Å². The highest BCUT2D eigenvalue weighted by Crippen LogP contribution is 2.12. The van der Waals surface area contributed by atoms with Crippen molar-refractivity contribution in [2.75, 3.05) is 14.1 Å². The van der Waals surface area contributed by atoms with E-state index in [0.717, 1.165) is 17.6 Å². The molecule has 0 aromatic carbocycles. The van der Waals surface area contributed by atoms with Crippen molar-refractivity contribution in [3.63, 3.8) is 0 Å². The zero-order chi connectivity index (χ0) is 10.6. The zero-order valence-electron chi connectivity index (χ0n) is 9.22. The van der Waals surface area contributed by atoms with Gasteiger partial charge in [0.1, 0.15) is 0 Å². The Morgan fingerprint density at radius 2 is 1.85 bits per heavy atom. The summed E-state index contributed by atoms with van der Waals surface area (Å²) < 4.78 is 0. The fourth-order valence-electron chi connectivity index (χ4n) is 1.19. The molecule has 0 saturated heterocycles. The minimum absolute atomic E-state index is 0.0225. The topological polar surface area (TPSA) is 46.3 Å². The van der Waals surface area contributed by atoms with Gasteiger partial charge in [-0.05, 0) is 20.3 Å². The SMILES string of the molecule is CCC(N)C(C(=O)N(C)C)=C(C)C. The van der Waals surface area contributed by atoms with Crippen molar-refractivity contribution in [2.24, 2.45) is 5.73 Å². The first-order valence-corrected chi connectivity index (χ1v) is 4.56. The third-order valence-corrected chi connectivity index (χ3v) is 1.99. The van der Waals surface area contributed by atoms with Gasteiger partial charge in [0.25, 0.3) is 5.91 Å². The van der Waals surface area contributed by atoms with E-state index in [1.807, 2.05) is 20.8 Å². The second-order valence-corrected chi connectivity index (χ2v) is 3.63. The van der Waals surface area contributed by atoms with Gasteiger partial charge in [-0.1, -0.05) is 12.5 Å². The summed E-state index contributed by atoms with van der Waals surface area (Å²) in [5, 5.41) is 0. The van der Waals surface area contributed by atoms with Crippen molar-refractivity contribution in [3.05, 3.63) is 11.1 Å². The summed E-state index contributed by atoms with van der Waals surface area (Å²) in [7, 11) is 3.49. The number of hydrogen-bond donors (Lipinski definition) is 1. The molecule has 0 radical (unpaired) electrons. The van der Waals surface area contributed by atoms with Crippen molar-refractivity contribution in [2.45, 2.75) is 33.2 Å². The van der Waals surface area contributed by atoms with Crippen LogP contribution in [0.4, 0.5) is 0 Å². The number of hydrogen-bond acceptors (Lipinski definition) is 2. The monoisotopic (exact) mass is 184 g/mol. The fourth-order valence-corrected chi connectivity index (χ4v) is 1.19. The van der Waals surface area contributed by atoms with Crippen LogP contribution in [-0.4, -0.2) is 30.9 Å². The van der Waals surface area contributed by atoms with Crippen molar-refractivity contribution in [1.29, 1.82) is 0 Å². The largest absolute Gasteiger partial charge is 0.345 e. The third-order valence-electron chi connectivity index (χ3n) is 1.99. The summed E-state index contributed by atoms with van der Waals surface area (Å²) in [6.07, 6.45) is 0.792. The van der Waals surface area contributed by atoms with E-state index in [-0.39, 0.29) is 11.9 Å². The van der Waals surface area contributed by atoms with Crippen LogP contribution in [0.15, 0.2) is 11.1 Å². The zero-order valence-corrected chi connectivity index (χ0v) is 9.22. The smallest absolute Gasteiger partial charge is 0.250 e. The lowest BCUT2D eigenvalue weighted by Crippen LogP contribution is -2.34. The number of allylic oxidation sites excluding steroid dienone is 1. The van der Waals surface area contributed by atoms with Crippen LogP contribution in [0.3, 0.4) is 0 Å². The first-order valence-electron chi connectivity index (χ1n) is 4.56. The molecule has 3 heteroatoms. The van der Waals surface area contributed by atoms with E-state index < -0.39 is 0 Å². The Morgan fingerprint density at radius 3 is 2.08 bits per heavy atom. The predicted molar refractivity (Wildman–Crippen MR) is 55.3 cm³/mol. The molecule has 0 aromatic rings. The van der Waals surface area contributed by atoms with Gasteiger partial charge in [0, 0.05) is 25.7 Å². The highest BCUT2D eigenvalue weighted by atomic mass is 16.2. The summed E-state index contributed by atoms with van der Waals surface area (Å²) in [5.41, 5.74) is 7.60. The van der Waals surface area contributed by atoms with E-state index in [0.29, 0.717) is 0 Å². The number of nitrogens with two attached hydrogens (primary N) is 1. The molecule has 1 unspecified atom stereocenters. The maximum atomic E-state index is 11.7. The summed E-state index contributed by atoms with van der Waals surface area (Å²) in [5.74, 6) is 0.0225. The quantitative estimate of drug-likeness (QED) is 0.669. The van der Waals surface area contributed by atoms with E-state index in [9.17, 15) is 4.79 Å². The molecular formula is C10H20N2O. The summed E-state index contributed by atoms with van der Waals surface area (Å²) >= 11 is 0. The number of likely N-dealkylation sites (N-methyl/N-ethyl adjacent to an activating group) is 1. The molecule has 0 aliphatic heterocycles. The maximum Gasteiger partial charge on any atom is 0.250 e. The van der Waals surface area contributed by atoms with E-state index >= 15 is 0 Å². The molecule has 0 fully saturated rings. The van der Waals surface area contributed by atoms with Gasteiger partial charge < -0.3 is 10.6 Å². The van der Waals surface area contributed by atoms with Crippen LogP contribution >= 0.6 is 0 Å². The Morgan fingerprint density at radius 1 is 1.38 bits per heavy atom. The Balaban J connectivity index is 4.85. The lowest BCUT2D eigenvalue weighted by atomic mass is 10.00. The van der Waals surface area contributed by atoms with E-state index in [1.54, 1.807) is 19.0 Å². The van der Waals surface area contributed by atoms with Crippen LogP contribution in [0.25, 0.3) is 0 Å². The first-order chi connectivity index (χ1) is 5.91. The first kappa shape index (κ1) is 12.2. The molecule has 0 bridgehead atoms. The average molecular weight is 184 g/mol. The number of nitrogens with zero attached hydrogens (tertiary/aromatic N) is 1. The molecule has 0 aliphatic rings. The Kier molecular flexibility index (Phi) is 4.70. The minimum Gasteiger partial charge on any atom is -0.345 e.